The number of aromatic nitrogens is 1. The summed E-state index contributed by atoms with van der Waals surface area (Å²) in [6.07, 6.45) is 2.83. The van der Waals surface area contributed by atoms with Crippen LogP contribution in [0.1, 0.15) is 20.3 Å². The van der Waals surface area contributed by atoms with Gasteiger partial charge in [-0.15, -0.1) is 11.6 Å². The highest BCUT2D eigenvalue weighted by Gasteiger charge is 2.47. The maximum absolute atomic E-state index is 6.28. The minimum atomic E-state index is 0.109. The van der Waals surface area contributed by atoms with Crippen LogP contribution in [0.25, 0.3) is 10.8 Å². The summed E-state index contributed by atoms with van der Waals surface area (Å²) in [5.74, 6) is 0.945. The third kappa shape index (κ3) is 2.13. The normalized spacial score (nSPS) is 25.1. The van der Waals surface area contributed by atoms with Gasteiger partial charge in [-0.3, -0.25) is 0 Å². The molecule has 2 atom stereocenters. The highest BCUT2D eigenvalue weighted by molar-refractivity contribution is 9.10. The molecule has 1 aromatic heterocycles. The molecule has 0 radical (unpaired) electrons. The molecule has 100 valence electrons. The van der Waals surface area contributed by atoms with Crippen molar-refractivity contribution in [3.8, 4) is 0 Å². The molecule has 1 aromatic carbocycles. The van der Waals surface area contributed by atoms with Gasteiger partial charge in [0, 0.05) is 38.3 Å². The van der Waals surface area contributed by atoms with E-state index in [1.165, 1.54) is 5.39 Å². The highest BCUT2D eigenvalue weighted by Crippen LogP contribution is 2.46. The Labute approximate surface area is 126 Å². The van der Waals surface area contributed by atoms with E-state index in [9.17, 15) is 0 Å². The molecule has 2 aromatic rings. The van der Waals surface area contributed by atoms with Crippen molar-refractivity contribution in [2.24, 2.45) is 5.41 Å². The SMILES string of the molecule is CC1(C)C(Cl)CC1Nc1nccc2c(Br)cccc12. The number of nitrogens with zero attached hydrogens (tertiary/aromatic N) is 1. The van der Waals surface area contributed by atoms with E-state index in [2.05, 4.69) is 46.1 Å². The minimum absolute atomic E-state index is 0.109. The summed E-state index contributed by atoms with van der Waals surface area (Å²) in [6, 6.07) is 8.59. The van der Waals surface area contributed by atoms with Crippen LogP contribution in [0.2, 0.25) is 0 Å². The Kier molecular flexibility index (Phi) is 3.22. The number of rotatable bonds is 2. The molecule has 4 heteroatoms. The van der Waals surface area contributed by atoms with Crippen LogP contribution < -0.4 is 5.32 Å². The average Bonchev–Trinajstić information content (AvgIpc) is 2.39. The van der Waals surface area contributed by atoms with E-state index in [4.69, 9.17) is 11.6 Å². The van der Waals surface area contributed by atoms with Crippen molar-refractivity contribution in [3.63, 3.8) is 0 Å². The molecule has 1 N–H and O–H groups in total. The highest BCUT2D eigenvalue weighted by atomic mass is 79.9. The van der Waals surface area contributed by atoms with Crippen molar-refractivity contribution in [3.05, 3.63) is 34.9 Å². The van der Waals surface area contributed by atoms with Crippen LogP contribution in [0.15, 0.2) is 34.9 Å². The maximum Gasteiger partial charge on any atom is 0.134 e. The standard InChI is InChI=1S/C15H16BrClN2/c1-15(2)12(17)8-13(15)19-14-10-4-3-5-11(16)9(10)6-7-18-14/h3-7,12-13H,8H2,1-2H3,(H,18,19). The number of nitrogens with one attached hydrogen (secondary N) is 1. The number of anilines is 1. The second kappa shape index (κ2) is 4.64. The molecule has 1 saturated carbocycles. The molecule has 2 nitrogen and oxygen atoms in total. The molecule has 1 fully saturated rings. The van der Waals surface area contributed by atoms with Crippen LogP contribution in [-0.4, -0.2) is 16.4 Å². The van der Waals surface area contributed by atoms with Crippen LogP contribution in [-0.2, 0) is 0 Å². The molecule has 1 heterocycles. The van der Waals surface area contributed by atoms with E-state index in [-0.39, 0.29) is 10.8 Å². The summed E-state index contributed by atoms with van der Waals surface area (Å²) >= 11 is 9.86. The number of benzene rings is 1. The van der Waals surface area contributed by atoms with Crippen molar-refractivity contribution in [2.45, 2.75) is 31.7 Å². The van der Waals surface area contributed by atoms with E-state index < -0.39 is 0 Å². The van der Waals surface area contributed by atoms with Gasteiger partial charge in [-0.2, -0.15) is 0 Å². The summed E-state index contributed by atoms with van der Waals surface area (Å²) in [7, 11) is 0. The smallest absolute Gasteiger partial charge is 0.134 e. The van der Waals surface area contributed by atoms with Gasteiger partial charge in [-0.1, -0.05) is 41.9 Å². The van der Waals surface area contributed by atoms with Crippen molar-refractivity contribution in [1.29, 1.82) is 0 Å². The number of halogens is 2. The van der Waals surface area contributed by atoms with E-state index in [1.54, 1.807) is 0 Å². The van der Waals surface area contributed by atoms with Gasteiger partial charge >= 0.3 is 0 Å². The average molecular weight is 340 g/mol. The molecule has 0 aliphatic heterocycles. The van der Waals surface area contributed by atoms with E-state index >= 15 is 0 Å². The Bertz CT molecular complexity index is 627. The summed E-state index contributed by atoms with van der Waals surface area (Å²) < 4.78 is 1.10. The summed E-state index contributed by atoms with van der Waals surface area (Å²) in [6.45, 7) is 4.40. The summed E-state index contributed by atoms with van der Waals surface area (Å²) in [5, 5.41) is 6.12. The molecular formula is C15H16BrClN2. The fourth-order valence-electron chi connectivity index (χ4n) is 2.57. The molecular weight excluding hydrogens is 324 g/mol. The van der Waals surface area contributed by atoms with Gasteiger partial charge in [0.25, 0.3) is 0 Å². The fourth-order valence-corrected chi connectivity index (χ4v) is 3.39. The largest absolute Gasteiger partial charge is 0.366 e. The number of hydrogen-bond donors (Lipinski definition) is 1. The van der Waals surface area contributed by atoms with Gasteiger partial charge in [0.05, 0.1) is 0 Å². The second-order valence-corrected chi connectivity index (χ2v) is 7.10. The molecule has 1 aliphatic rings. The van der Waals surface area contributed by atoms with E-state index in [1.807, 2.05) is 24.4 Å². The molecule has 2 unspecified atom stereocenters. The van der Waals surface area contributed by atoms with Crippen LogP contribution in [0, 0.1) is 5.41 Å². The van der Waals surface area contributed by atoms with Crippen molar-refractivity contribution in [1.82, 2.24) is 4.98 Å². The zero-order chi connectivity index (χ0) is 13.6. The third-order valence-corrected chi connectivity index (χ3v) is 5.64. The summed E-state index contributed by atoms with van der Waals surface area (Å²) in [4.78, 5) is 4.49. The Morgan fingerprint density at radius 2 is 2.11 bits per heavy atom. The fraction of sp³-hybridized carbons (Fsp3) is 0.400. The predicted molar refractivity (Wildman–Crippen MR) is 84.9 cm³/mol. The molecule has 19 heavy (non-hydrogen) atoms. The first kappa shape index (κ1) is 13.2. The first-order valence-electron chi connectivity index (χ1n) is 6.44. The lowest BCUT2D eigenvalue weighted by molar-refractivity contribution is 0.168. The number of fused-ring (bicyclic) bond motifs is 1. The van der Waals surface area contributed by atoms with Gasteiger partial charge in [-0.05, 0) is 18.6 Å². The third-order valence-electron chi connectivity index (χ3n) is 4.21. The molecule has 0 spiro atoms. The second-order valence-electron chi connectivity index (χ2n) is 5.72. The van der Waals surface area contributed by atoms with Gasteiger partial charge < -0.3 is 5.32 Å². The Morgan fingerprint density at radius 3 is 2.79 bits per heavy atom. The van der Waals surface area contributed by atoms with Gasteiger partial charge in [0.2, 0.25) is 0 Å². The lowest BCUT2D eigenvalue weighted by atomic mass is 9.67. The molecule has 0 bridgehead atoms. The minimum Gasteiger partial charge on any atom is -0.366 e. The molecule has 1 aliphatic carbocycles. The van der Waals surface area contributed by atoms with Crippen molar-refractivity contribution < 1.29 is 0 Å². The number of alkyl halides is 1. The van der Waals surface area contributed by atoms with Crippen molar-refractivity contribution in [2.75, 3.05) is 5.32 Å². The maximum atomic E-state index is 6.28. The lowest BCUT2D eigenvalue weighted by Crippen LogP contribution is -2.54. The van der Waals surface area contributed by atoms with Gasteiger partial charge in [-0.25, -0.2) is 4.98 Å². The zero-order valence-corrected chi connectivity index (χ0v) is 13.3. The first-order valence-corrected chi connectivity index (χ1v) is 7.67. The number of hydrogen-bond acceptors (Lipinski definition) is 2. The molecule has 3 rings (SSSR count). The van der Waals surface area contributed by atoms with Crippen LogP contribution >= 0.6 is 27.5 Å². The van der Waals surface area contributed by atoms with Gasteiger partial charge in [0.15, 0.2) is 0 Å². The topological polar surface area (TPSA) is 24.9 Å². The molecule has 0 saturated heterocycles. The van der Waals surface area contributed by atoms with E-state index in [0.29, 0.717) is 6.04 Å². The Balaban J connectivity index is 1.96. The quantitative estimate of drug-likeness (QED) is 0.794. The van der Waals surface area contributed by atoms with Crippen LogP contribution in [0.3, 0.4) is 0 Å². The van der Waals surface area contributed by atoms with Gasteiger partial charge in [0.1, 0.15) is 5.82 Å². The molecule has 0 amide bonds. The Morgan fingerprint density at radius 1 is 1.32 bits per heavy atom. The predicted octanol–water partition coefficient (Wildman–Crippen LogP) is 4.82. The Hall–Kier alpha value is -0.800. The van der Waals surface area contributed by atoms with Crippen LogP contribution in [0.4, 0.5) is 5.82 Å². The van der Waals surface area contributed by atoms with Crippen molar-refractivity contribution >= 4 is 44.1 Å². The monoisotopic (exact) mass is 338 g/mol. The summed E-state index contributed by atoms with van der Waals surface area (Å²) in [5.41, 5.74) is 0.109. The van der Waals surface area contributed by atoms with Crippen LogP contribution in [0.5, 0.6) is 0 Å². The number of pyridine rings is 1. The lowest BCUT2D eigenvalue weighted by Gasteiger charge is -2.49. The first-order chi connectivity index (χ1) is 9.00. The van der Waals surface area contributed by atoms with E-state index in [0.717, 1.165) is 22.1 Å². The zero-order valence-electron chi connectivity index (χ0n) is 11.0.